The van der Waals surface area contributed by atoms with Crippen LogP contribution in [0.25, 0.3) is 0 Å². The molecule has 0 bridgehead atoms. The number of amides is 1. The number of halogens is 3. The molecule has 1 rings (SSSR count). The molecule has 5 nitrogen and oxygen atoms in total. The second kappa shape index (κ2) is 10.2. The molecule has 0 aliphatic heterocycles. The Kier molecular flexibility index (Phi) is 9.44. The van der Waals surface area contributed by atoms with Crippen molar-refractivity contribution in [1.29, 1.82) is 0 Å². The second-order valence-electron chi connectivity index (χ2n) is 4.46. The molecule has 0 aromatic heterocycles. The van der Waals surface area contributed by atoms with E-state index in [0.717, 1.165) is 5.75 Å². The maximum Gasteiger partial charge on any atom is 0.277 e. The van der Waals surface area contributed by atoms with Crippen molar-refractivity contribution in [3.8, 4) is 11.5 Å². The lowest BCUT2D eigenvalue weighted by Gasteiger charge is -2.14. The van der Waals surface area contributed by atoms with Gasteiger partial charge in [-0.05, 0) is 30.7 Å². The third-order valence-corrected chi connectivity index (χ3v) is 2.72. The summed E-state index contributed by atoms with van der Waals surface area (Å²) in [5, 5.41) is 2.15. The van der Waals surface area contributed by atoms with Gasteiger partial charge < -0.3 is 20.5 Å². The van der Waals surface area contributed by atoms with Gasteiger partial charge >= 0.3 is 0 Å². The third kappa shape index (κ3) is 7.99. The summed E-state index contributed by atoms with van der Waals surface area (Å²) >= 11 is 0. The van der Waals surface area contributed by atoms with Gasteiger partial charge in [-0.3, -0.25) is 4.79 Å². The number of nitrogens with two attached hydrogens (primary N) is 1. The molecule has 8 heteroatoms. The van der Waals surface area contributed by atoms with E-state index in [1.165, 1.54) is 0 Å². The number of carbonyl (C=O) groups excluding carboxylic acids is 1. The van der Waals surface area contributed by atoms with Crippen molar-refractivity contribution in [2.75, 3.05) is 26.8 Å². The molecule has 0 saturated carbocycles. The number of rotatable bonds is 9. The van der Waals surface area contributed by atoms with Gasteiger partial charge in [0.15, 0.2) is 0 Å². The smallest absolute Gasteiger partial charge is 0.277 e. The SMILES string of the molecule is COc1ccc(OCCCC(=O)NCC(F)(F)CN)cc1.Cl. The Labute approximate surface area is 134 Å². The highest BCUT2D eigenvalue weighted by Crippen LogP contribution is 2.17. The standard InChI is InChI=1S/C14H20F2N2O3.ClH/c1-20-11-4-6-12(7-5-11)21-8-2-3-13(19)18-10-14(15,16)9-17;/h4-7H,2-3,8-10,17H2,1H3,(H,18,19);1H. The zero-order valence-electron chi connectivity index (χ0n) is 12.3. The van der Waals surface area contributed by atoms with Gasteiger partial charge in [-0.1, -0.05) is 0 Å². The Morgan fingerprint density at radius 3 is 2.41 bits per heavy atom. The highest BCUT2D eigenvalue weighted by atomic mass is 35.5. The maximum absolute atomic E-state index is 12.8. The molecule has 0 fully saturated rings. The van der Waals surface area contributed by atoms with Crippen molar-refractivity contribution in [3.05, 3.63) is 24.3 Å². The molecule has 0 heterocycles. The Balaban J connectivity index is 0.00000441. The van der Waals surface area contributed by atoms with E-state index in [2.05, 4.69) is 5.32 Å². The first-order valence-corrected chi connectivity index (χ1v) is 6.58. The average Bonchev–Trinajstić information content (AvgIpc) is 2.50. The largest absolute Gasteiger partial charge is 0.497 e. The molecular weight excluding hydrogens is 318 g/mol. The fourth-order valence-corrected chi connectivity index (χ4v) is 1.48. The number of hydrogen-bond acceptors (Lipinski definition) is 4. The van der Waals surface area contributed by atoms with Gasteiger partial charge in [-0.25, -0.2) is 8.78 Å². The van der Waals surface area contributed by atoms with E-state index >= 15 is 0 Å². The predicted molar refractivity (Wildman–Crippen MR) is 82.0 cm³/mol. The van der Waals surface area contributed by atoms with E-state index in [-0.39, 0.29) is 18.8 Å². The second-order valence-corrected chi connectivity index (χ2v) is 4.46. The summed E-state index contributed by atoms with van der Waals surface area (Å²) in [6.45, 7) is -1.19. The first kappa shape index (κ1) is 20.4. The van der Waals surface area contributed by atoms with Crippen LogP contribution in [-0.2, 0) is 4.79 Å². The van der Waals surface area contributed by atoms with Crippen molar-refractivity contribution in [3.63, 3.8) is 0 Å². The van der Waals surface area contributed by atoms with E-state index in [1.54, 1.807) is 31.4 Å². The van der Waals surface area contributed by atoms with E-state index in [4.69, 9.17) is 15.2 Å². The van der Waals surface area contributed by atoms with Gasteiger partial charge in [-0.15, -0.1) is 12.4 Å². The summed E-state index contributed by atoms with van der Waals surface area (Å²) in [7, 11) is 1.57. The van der Waals surface area contributed by atoms with Crippen LogP contribution in [0, 0.1) is 0 Å². The first-order chi connectivity index (χ1) is 9.96. The molecule has 1 aromatic carbocycles. The average molecular weight is 339 g/mol. The Bertz CT molecular complexity index is 444. The zero-order chi connectivity index (χ0) is 15.7. The molecule has 0 radical (unpaired) electrons. The van der Waals surface area contributed by atoms with Gasteiger partial charge in [0.05, 0.1) is 26.8 Å². The lowest BCUT2D eigenvalue weighted by molar-refractivity contribution is -0.123. The van der Waals surface area contributed by atoms with Crippen LogP contribution >= 0.6 is 12.4 Å². The van der Waals surface area contributed by atoms with Gasteiger partial charge in [0, 0.05) is 6.42 Å². The minimum absolute atomic E-state index is 0. The van der Waals surface area contributed by atoms with Crippen LogP contribution in [0.5, 0.6) is 11.5 Å². The van der Waals surface area contributed by atoms with Gasteiger partial charge in [-0.2, -0.15) is 0 Å². The maximum atomic E-state index is 12.8. The third-order valence-electron chi connectivity index (χ3n) is 2.72. The van der Waals surface area contributed by atoms with E-state index in [1.807, 2.05) is 0 Å². The summed E-state index contributed by atoms with van der Waals surface area (Å²) in [6, 6.07) is 7.02. The summed E-state index contributed by atoms with van der Waals surface area (Å²) in [4.78, 5) is 11.3. The molecular formula is C14H21ClF2N2O3. The Morgan fingerprint density at radius 1 is 1.27 bits per heavy atom. The summed E-state index contributed by atoms with van der Waals surface area (Å²) in [5.74, 6) is -2.12. The van der Waals surface area contributed by atoms with E-state index in [0.29, 0.717) is 18.8 Å². The van der Waals surface area contributed by atoms with Gasteiger partial charge in [0.1, 0.15) is 11.5 Å². The topological polar surface area (TPSA) is 73.6 Å². The summed E-state index contributed by atoms with van der Waals surface area (Å²) in [6.07, 6.45) is 0.558. The number of alkyl halides is 2. The number of hydrogen-bond donors (Lipinski definition) is 2. The zero-order valence-corrected chi connectivity index (χ0v) is 13.1. The van der Waals surface area contributed by atoms with Gasteiger partial charge in [0.25, 0.3) is 5.92 Å². The molecule has 0 unspecified atom stereocenters. The molecule has 3 N–H and O–H groups in total. The lowest BCUT2D eigenvalue weighted by Crippen LogP contribution is -2.41. The number of carbonyl (C=O) groups is 1. The van der Waals surface area contributed by atoms with Crippen molar-refractivity contribution in [2.45, 2.75) is 18.8 Å². The predicted octanol–water partition coefficient (Wildman–Crippen LogP) is 1.99. The molecule has 1 amide bonds. The highest BCUT2D eigenvalue weighted by Gasteiger charge is 2.26. The van der Waals surface area contributed by atoms with Crippen LogP contribution in [0.1, 0.15) is 12.8 Å². The minimum atomic E-state index is -3.06. The fourth-order valence-electron chi connectivity index (χ4n) is 1.48. The van der Waals surface area contributed by atoms with Crippen LogP contribution in [0.15, 0.2) is 24.3 Å². The molecule has 0 spiro atoms. The Morgan fingerprint density at radius 2 is 1.86 bits per heavy atom. The molecule has 126 valence electrons. The number of nitrogens with one attached hydrogen (secondary N) is 1. The fraction of sp³-hybridized carbons (Fsp3) is 0.500. The van der Waals surface area contributed by atoms with Crippen LogP contribution in [-0.4, -0.2) is 38.6 Å². The monoisotopic (exact) mass is 338 g/mol. The summed E-state index contributed by atoms with van der Waals surface area (Å²) < 4.78 is 36.1. The number of methoxy groups -OCH3 is 1. The molecule has 1 aromatic rings. The molecule has 22 heavy (non-hydrogen) atoms. The van der Waals surface area contributed by atoms with Gasteiger partial charge in [0.2, 0.25) is 5.91 Å². The molecule has 0 atom stereocenters. The van der Waals surface area contributed by atoms with Crippen molar-refractivity contribution >= 4 is 18.3 Å². The number of ether oxygens (including phenoxy) is 2. The first-order valence-electron chi connectivity index (χ1n) is 6.58. The highest BCUT2D eigenvalue weighted by molar-refractivity contribution is 5.85. The van der Waals surface area contributed by atoms with Crippen LogP contribution in [0.3, 0.4) is 0 Å². The van der Waals surface area contributed by atoms with Crippen LogP contribution < -0.4 is 20.5 Å². The lowest BCUT2D eigenvalue weighted by atomic mass is 10.3. The van der Waals surface area contributed by atoms with Crippen molar-refractivity contribution in [1.82, 2.24) is 5.32 Å². The van der Waals surface area contributed by atoms with Crippen LogP contribution in [0.2, 0.25) is 0 Å². The van der Waals surface area contributed by atoms with Crippen molar-refractivity contribution in [2.24, 2.45) is 5.73 Å². The van der Waals surface area contributed by atoms with E-state index < -0.39 is 24.9 Å². The molecule has 0 saturated heterocycles. The van der Waals surface area contributed by atoms with Crippen molar-refractivity contribution < 1.29 is 23.0 Å². The minimum Gasteiger partial charge on any atom is -0.497 e. The normalized spacial score (nSPS) is 10.5. The quantitative estimate of drug-likeness (QED) is 0.675. The summed E-state index contributed by atoms with van der Waals surface area (Å²) in [5.41, 5.74) is 4.87. The van der Waals surface area contributed by atoms with Crippen LogP contribution in [0.4, 0.5) is 8.78 Å². The van der Waals surface area contributed by atoms with E-state index in [9.17, 15) is 13.6 Å². The molecule has 0 aliphatic rings. The Hall–Kier alpha value is -1.60. The molecule has 0 aliphatic carbocycles. The number of benzene rings is 1.